The van der Waals surface area contributed by atoms with Gasteiger partial charge in [-0.25, -0.2) is 0 Å². The van der Waals surface area contributed by atoms with Crippen molar-refractivity contribution in [2.75, 3.05) is 39.9 Å². The van der Waals surface area contributed by atoms with Crippen LogP contribution in [0.1, 0.15) is 6.42 Å². The van der Waals surface area contributed by atoms with Crippen molar-refractivity contribution in [3.8, 4) is 17.6 Å². The Hall–Kier alpha value is -2.75. The van der Waals surface area contributed by atoms with Crippen molar-refractivity contribution in [1.82, 2.24) is 9.80 Å². The van der Waals surface area contributed by atoms with Crippen molar-refractivity contribution in [1.29, 1.82) is 5.26 Å². The number of nitrogens with zero attached hydrogens (tertiary/aromatic N) is 3. The first kappa shape index (κ1) is 16.6. The summed E-state index contributed by atoms with van der Waals surface area (Å²) in [7, 11) is 1.54. The second kappa shape index (κ2) is 8.03. The number of para-hydroxylation sites is 2. The maximum absolute atomic E-state index is 12.2. The number of ether oxygens (including phenoxy) is 2. The summed E-state index contributed by atoms with van der Waals surface area (Å²) in [6, 6.07) is 8.98. The van der Waals surface area contributed by atoms with Gasteiger partial charge in [0.2, 0.25) is 5.91 Å². The van der Waals surface area contributed by atoms with Crippen LogP contribution in [0.3, 0.4) is 0 Å². The van der Waals surface area contributed by atoms with Crippen LogP contribution in [-0.4, -0.2) is 61.5 Å². The van der Waals surface area contributed by atoms with E-state index >= 15 is 0 Å². The molecule has 1 aliphatic heterocycles. The van der Waals surface area contributed by atoms with Crippen LogP contribution < -0.4 is 9.47 Å². The van der Waals surface area contributed by atoms with Gasteiger partial charge in [-0.15, -0.1) is 0 Å². The highest BCUT2D eigenvalue weighted by Gasteiger charge is 2.24. The molecular weight excluding hydrogens is 298 g/mol. The summed E-state index contributed by atoms with van der Waals surface area (Å²) in [6.07, 6.45) is -0.120. The zero-order valence-corrected chi connectivity index (χ0v) is 13.0. The molecule has 0 saturated carbocycles. The molecule has 0 unspecified atom stereocenters. The van der Waals surface area contributed by atoms with Crippen LogP contribution in [0, 0.1) is 11.3 Å². The van der Waals surface area contributed by atoms with Crippen LogP contribution in [0.5, 0.6) is 11.5 Å². The summed E-state index contributed by atoms with van der Waals surface area (Å²) in [5.74, 6) is 0.770. The summed E-state index contributed by atoms with van der Waals surface area (Å²) in [5.41, 5.74) is 0. The zero-order valence-electron chi connectivity index (χ0n) is 13.0. The van der Waals surface area contributed by atoms with Gasteiger partial charge in [0, 0.05) is 26.2 Å². The van der Waals surface area contributed by atoms with E-state index in [9.17, 15) is 9.59 Å². The molecule has 2 amide bonds. The van der Waals surface area contributed by atoms with Gasteiger partial charge in [-0.1, -0.05) is 12.1 Å². The average molecular weight is 317 g/mol. The molecular formula is C16H19N3O4. The molecule has 1 aromatic carbocycles. The highest BCUT2D eigenvalue weighted by atomic mass is 16.5. The minimum absolute atomic E-state index is 0.0769. The summed E-state index contributed by atoms with van der Waals surface area (Å²) >= 11 is 0. The molecule has 0 radical (unpaired) electrons. The molecule has 0 aromatic heterocycles. The molecule has 1 heterocycles. The van der Waals surface area contributed by atoms with Gasteiger partial charge in [0.1, 0.15) is 6.42 Å². The number of methoxy groups -OCH3 is 1. The van der Waals surface area contributed by atoms with E-state index < -0.39 is 0 Å². The molecule has 0 atom stereocenters. The van der Waals surface area contributed by atoms with E-state index in [1.54, 1.807) is 29.0 Å². The van der Waals surface area contributed by atoms with Crippen molar-refractivity contribution in [2.24, 2.45) is 0 Å². The number of amides is 2. The number of hydrogen-bond donors (Lipinski definition) is 0. The van der Waals surface area contributed by atoms with Crippen LogP contribution >= 0.6 is 0 Å². The molecule has 23 heavy (non-hydrogen) atoms. The SMILES string of the molecule is COc1ccccc1OCC(=O)N1CCN(C(=O)CC#N)CC1. The summed E-state index contributed by atoms with van der Waals surface area (Å²) in [4.78, 5) is 27.1. The molecule has 1 aliphatic rings. The predicted molar refractivity (Wildman–Crippen MR) is 81.9 cm³/mol. The van der Waals surface area contributed by atoms with Gasteiger partial charge in [-0.2, -0.15) is 5.26 Å². The number of carbonyl (C=O) groups is 2. The fraction of sp³-hybridized carbons (Fsp3) is 0.438. The van der Waals surface area contributed by atoms with Gasteiger partial charge in [0.05, 0.1) is 13.2 Å². The van der Waals surface area contributed by atoms with E-state index in [0.717, 1.165) is 0 Å². The lowest BCUT2D eigenvalue weighted by Crippen LogP contribution is -2.51. The van der Waals surface area contributed by atoms with Crippen molar-refractivity contribution in [3.05, 3.63) is 24.3 Å². The Morgan fingerprint density at radius 3 is 2.22 bits per heavy atom. The van der Waals surface area contributed by atoms with Crippen LogP contribution in [0.2, 0.25) is 0 Å². The first-order chi connectivity index (χ1) is 11.2. The standard InChI is InChI=1S/C16H19N3O4/c1-22-13-4-2-3-5-14(13)23-12-16(21)19-10-8-18(9-11-19)15(20)6-7-17/h2-5H,6,8-12H2,1H3. The topological polar surface area (TPSA) is 82.9 Å². The second-order valence-electron chi connectivity index (χ2n) is 5.04. The first-order valence-electron chi connectivity index (χ1n) is 7.34. The maximum atomic E-state index is 12.2. The van der Waals surface area contributed by atoms with Crippen LogP contribution in [-0.2, 0) is 9.59 Å². The van der Waals surface area contributed by atoms with Gasteiger partial charge in [0.25, 0.3) is 5.91 Å². The summed E-state index contributed by atoms with van der Waals surface area (Å²) < 4.78 is 10.7. The number of carbonyl (C=O) groups excluding carboxylic acids is 2. The van der Waals surface area contributed by atoms with E-state index in [2.05, 4.69) is 0 Å². The Morgan fingerprint density at radius 1 is 1.09 bits per heavy atom. The fourth-order valence-electron chi connectivity index (χ4n) is 2.35. The lowest BCUT2D eigenvalue weighted by atomic mass is 10.3. The molecule has 0 aliphatic carbocycles. The smallest absolute Gasteiger partial charge is 0.260 e. The van der Waals surface area contributed by atoms with Crippen molar-refractivity contribution in [2.45, 2.75) is 6.42 Å². The van der Waals surface area contributed by atoms with Gasteiger partial charge in [0.15, 0.2) is 18.1 Å². The molecule has 7 heteroatoms. The third kappa shape index (κ3) is 4.36. The van der Waals surface area contributed by atoms with E-state index in [1.807, 2.05) is 18.2 Å². The quantitative estimate of drug-likeness (QED) is 0.796. The normalized spacial score (nSPS) is 14.1. The Kier molecular flexibility index (Phi) is 5.80. The third-order valence-corrected chi connectivity index (χ3v) is 3.64. The van der Waals surface area contributed by atoms with Crippen LogP contribution in [0.4, 0.5) is 0 Å². The molecule has 1 aromatic rings. The van der Waals surface area contributed by atoms with E-state index in [4.69, 9.17) is 14.7 Å². The van der Waals surface area contributed by atoms with Gasteiger partial charge >= 0.3 is 0 Å². The van der Waals surface area contributed by atoms with Gasteiger partial charge in [-0.05, 0) is 12.1 Å². The first-order valence-corrected chi connectivity index (χ1v) is 7.34. The molecule has 0 spiro atoms. The second-order valence-corrected chi connectivity index (χ2v) is 5.04. The number of rotatable bonds is 5. The van der Waals surface area contributed by atoms with Crippen molar-refractivity contribution in [3.63, 3.8) is 0 Å². The average Bonchev–Trinajstić information content (AvgIpc) is 2.60. The molecule has 0 bridgehead atoms. The summed E-state index contributed by atoms with van der Waals surface area (Å²) in [6.45, 7) is 1.71. The number of piperazine rings is 1. The molecule has 7 nitrogen and oxygen atoms in total. The highest BCUT2D eigenvalue weighted by molar-refractivity contribution is 5.80. The molecule has 122 valence electrons. The number of hydrogen-bond acceptors (Lipinski definition) is 5. The van der Waals surface area contributed by atoms with Gasteiger partial charge in [-0.3, -0.25) is 9.59 Å². The van der Waals surface area contributed by atoms with Crippen LogP contribution in [0.15, 0.2) is 24.3 Å². The van der Waals surface area contributed by atoms with Crippen LogP contribution in [0.25, 0.3) is 0 Å². The number of nitriles is 1. The Labute approximate surface area is 135 Å². The molecule has 0 N–H and O–H groups in total. The van der Waals surface area contributed by atoms with Gasteiger partial charge < -0.3 is 19.3 Å². The van der Waals surface area contributed by atoms with E-state index in [0.29, 0.717) is 37.7 Å². The Bertz CT molecular complexity index is 604. The largest absolute Gasteiger partial charge is 0.493 e. The van der Waals surface area contributed by atoms with Crippen molar-refractivity contribution < 1.29 is 19.1 Å². The monoisotopic (exact) mass is 317 g/mol. The molecule has 1 fully saturated rings. The molecule has 1 saturated heterocycles. The highest BCUT2D eigenvalue weighted by Crippen LogP contribution is 2.25. The van der Waals surface area contributed by atoms with E-state index in [-0.39, 0.29) is 24.8 Å². The third-order valence-electron chi connectivity index (χ3n) is 3.64. The lowest BCUT2D eigenvalue weighted by Gasteiger charge is -2.34. The van der Waals surface area contributed by atoms with Crippen molar-refractivity contribution >= 4 is 11.8 Å². The zero-order chi connectivity index (χ0) is 16.7. The fourth-order valence-corrected chi connectivity index (χ4v) is 2.35. The number of benzene rings is 1. The Morgan fingerprint density at radius 2 is 1.65 bits per heavy atom. The predicted octanol–water partition coefficient (Wildman–Crippen LogP) is 0.658. The lowest BCUT2D eigenvalue weighted by molar-refractivity contribution is -0.140. The van der Waals surface area contributed by atoms with E-state index in [1.165, 1.54) is 0 Å². The minimum Gasteiger partial charge on any atom is -0.493 e. The minimum atomic E-state index is -0.190. The Balaban J connectivity index is 1.81. The maximum Gasteiger partial charge on any atom is 0.260 e. The molecule has 2 rings (SSSR count). The summed E-state index contributed by atoms with van der Waals surface area (Å²) in [5, 5.41) is 8.54.